The van der Waals surface area contributed by atoms with Gasteiger partial charge in [-0.25, -0.2) is 0 Å². The summed E-state index contributed by atoms with van der Waals surface area (Å²) in [7, 11) is 0. The van der Waals surface area contributed by atoms with Crippen LogP contribution >= 0.6 is 11.6 Å². The Balaban J connectivity index is 1.73. The minimum Gasteiger partial charge on any atom is -0.493 e. The fraction of sp³-hybridized carbons (Fsp3) is 0.500. The van der Waals surface area contributed by atoms with Gasteiger partial charge in [-0.2, -0.15) is 0 Å². The molecule has 19 heavy (non-hydrogen) atoms. The van der Waals surface area contributed by atoms with Crippen molar-refractivity contribution < 1.29 is 9.53 Å². The van der Waals surface area contributed by atoms with Gasteiger partial charge in [0.1, 0.15) is 5.75 Å². The molecule has 1 N–H and O–H groups in total. The molecule has 1 unspecified atom stereocenters. The third kappa shape index (κ3) is 4.40. The molecule has 1 amide bonds. The van der Waals surface area contributed by atoms with Gasteiger partial charge in [0.15, 0.2) is 0 Å². The highest BCUT2D eigenvalue weighted by atomic mass is 35.5. The number of rotatable bonds is 4. The normalized spacial score (nSPS) is 19.3. The maximum Gasteiger partial charge on any atom is 0.226 e. The van der Waals surface area contributed by atoms with E-state index in [0.29, 0.717) is 24.1 Å². The van der Waals surface area contributed by atoms with Gasteiger partial charge in [0.25, 0.3) is 0 Å². The van der Waals surface area contributed by atoms with Gasteiger partial charge in [-0.05, 0) is 31.2 Å². The number of hydrogen-bond acceptors (Lipinski definition) is 3. The maximum atomic E-state index is 12.0. The lowest BCUT2D eigenvalue weighted by Crippen LogP contribution is -2.51. The van der Waals surface area contributed by atoms with Crippen LogP contribution in [0.5, 0.6) is 5.75 Å². The highest BCUT2D eigenvalue weighted by Gasteiger charge is 2.19. The van der Waals surface area contributed by atoms with Crippen molar-refractivity contribution in [1.29, 1.82) is 0 Å². The molecule has 0 bridgehead atoms. The molecule has 1 aliphatic rings. The first kappa shape index (κ1) is 14.2. The second-order valence-electron chi connectivity index (χ2n) is 4.75. The largest absolute Gasteiger partial charge is 0.493 e. The van der Waals surface area contributed by atoms with E-state index in [4.69, 9.17) is 16.3 Å². The summed E-state index contributed by atoms with van der Waals surface area (Å²) in [5.74, 6) is 0.896. The van der Waals surface area contributed by atoms with Gasteiger partial charge in [-0.1, -0.05) is 11.6 Å². The Hall–Kier alpha value is -1.26. The summed E-state index contributed by atoms with van der Waals surface area (Å²) in [6.45, 7) is 4.91. The summed E-state index contributed by atoms with van der Waals surface area (Å²) < 4.78 is 5.53. The Morgan fingerprint density at radius 2 is 2.21 bits per heavy atom. The Bertz CT molecular complexity index is 422. The van der Waals surface area contributed by atoms with Crippen molar-refractivity contribution in [3.63, 3.8) is 0 Å². The third-order valence-electron chi connectivity index (χ3n) is 3.12. The number of hydrogen-bond donors (Lipinski definition) is 1. The fourth-order valence-corrected chi connectivity index (χ4v) is 2.23. The minimum absolute atomic E-state index is 0.155. The van der Waals surface area contributed by atoms with Crippen molar-refractivity contribution in [2.45, 2.75) is 19.4 Å². The molecule has 1 heterocycles. The molecule has 0 aromatic heterocycles. The van der Waals surface area contributed by atoms with E-state index < -0.39 is 0 Å². The van der Waals surface area contributed by atoms with Crippen LogP contribution in [0.1, 0.15) is 13.3 Å². The number of nitrogens with zero attached hydrogens (tertiary/aromatic N) is 1. The minimum atomic E-state index is 0.155. The molecule has 0 aliphatic carbocycles. The second kappa shape index (κ2) is 6.78. The van der Waals surface area contributed by atoms with Crippen LogP contribution in [0.3, 0.4) is 0 Å². The summed E-state index contributed by atoms with van der Waals surface area (Å²) in [6.07, 6.45) is 0.412. The van der Waals surface area contributed by atoms with Crippen molar-refractivity contribution in [2.75, 3.05) is 26.2 Å². The Morgan fingerprint density at radius 3 is 2.89 bits per heavy atom. The quantitative estimate of drug-likeness (QED) is 0.917. The van der Waals surface area contributed by atoms with Crippen molar-refractivity contribution in [3.8, 4) is 5.75 Å². The van der Waals surface area contributed by atoms with Crippen LogP contribution in [0.25, 0.3) is 0 Å². The van der Waals surface area contributed by atoms with Gasteiger partial charge in [0, 0.05) is 30.7 Å². The van der Waals surface area contributed by atoms with Crippen LogP contribution < -0.4 is 10.1 Å². The van der Waals surface area contributed by atoms with E-state index in [0.717, 1.165) is 25.4 Å². The molecule has 1 aromatic rings. The number of ether oxygens (including phenoxy) is 1. The topological polar surface area (TPSA) is 41.6 Å². The number of carbonyl (C=O) groups excluding carboxylic acids is 1. The molecular formula is C14H19ClN2O2. The lowest BCUT2D eigenvalue weighted by Gasteiger charge is -2.31. The van der Waals surface area contributed by atoms with Gasteiger partial charge in [-0.3, -0.25) is 4.79 Å². The number of halogens is 1. The average molecular weight is 283 g/mol. The summed E-state index contributed by atoms with van der Waals surface area (Å²) >= 11 is 5.79. The molecule has 4 nitrogen and oxygen atoms in total. The SMILES string of the molecule is CC1CN(C(=O)CCOc2ccc(Cl)cc2)CCN1. The monoisotopic (exact) mass is 282 g/mol. The molecule has 1 saturated heterocycles. The van der Waals surface area contributed by atoms with Crippen LogP contribution in [-0.4, -0.2) is 43.1 Å². The molecule has 5 heteroatoms. The Kier molecular flexibility index (Phi) is 5.05. The summed E-state index contributed by atoms with van der Waals surface area (Å²) in [6, 6.07) is 7.53. The van der Waals surface area contributed by atoms with Crippen LogP contribution in [0, 0.1) is 0 Å². The molecule has 1 fully saturated rings. The van der Waals surface area contributed by atoms with Gasteiger partial charge >= 0.3 is 0 Å². The number of carbonyl (C=O) groups is 1. The predicted molar refractivity (Wildman–Crippen MR) is 75.6 cm³/mol. The molecule has 0 radical (unpaired) electrons. The number of benzene rings is 1. The molecule has 1 aliphatic heterocycles. The lowest BCUT2D eigenvalue weighted by atomic mass is 10.2. The van der Waals surface area contributed by atoms with Crippen molar-refractivity contribution in [3.05, 3.63) is 29.3 Å². The van der Waals surface area contributed by atoms with E-state index in [-0.39, 0.29) is 5.91 Å². The predicted octanol–water partition coefficient (Wildman–Crippen LogP) is 1.93. The highest BCUT2D eigenvalue weighted by molar-refractivity contribution is 6.30. The first-order valence-electron chi connectivity index (χ1n) is 6.54. The molecular weight excluding hydrogens is 264 g/mol. The van der Waals surface area contributed by atoms with E-state index in [9.17, 15) is 4.79 Å². The zero-order chi connectivity index (χ0) is 13.7. The van der Waals surface area contributed by atoms with Gasteiger partial charge < -0.3 is 15.0 Å². The van der Waals surface area contributed by atoms with E-state index >= 15 is 0 Å². The van der Waals surface area contributed by atoms with Gasteiger partial charge in [0.05, 0.1) is 13.0 Å². The first-order chi connectivity index (χ1) is 9.15. The molecule has 1 aromatic carbocycles. The maximum absolute atomic E-state index is 12.0. The summed E-state index contributed by atoms with van der Waals surface area (Å²) in [5, 5.41) is 4.00. The van der Waals surface area contributed by atoms with Gasteiger partial charge in [0.2, 0.25) is 5.91 Å². The zero-order valence-corrected chi connectivity index (χ0v) is 11.8. The fourth-order valence-electron chi connectivity index (χ4n) is 2.10. The zero-order valence-electron chi connectivity index (χ0n) is 11.1. The van der Waals surface area contributed by atoms with E-state index in [1.807, 2.05) is 4.90 Å². The second-order valence-corrected chi connectivity index (χ2v) is 5.18. The highest BCUT2D eigenvalue weighted by Crippen LogP contribution is 2.15. The molecule has 0 spiro atoms. The average Bonchev–Trinajstić information content (AvgIpc) is 2.41. The van der Waals surface area contributed by atoms with Gasteiger partial charge in [-0.15, -0.1) is 0 Å². The standard InChI is InChI=1S/C14H19ClN2O2/c1-11-10-17(8-7-16-11)14(18)6-9-19-13-4-2-12(15)3-5-13/h2-5,11,16H,6-10H2,1H3. The smallest absolute Gasteiger partial charge is 0.226 e. The van der Waals surface area contributed by atoms with Crippen LogP contribution in [-0.2, 0) is 4.79 Å². The Labute approximate surface area is 118 Å². The van der Waals surface area contributed by atoms with Crippen molar-refractivity contribution >= 4 is 17.5 Å². The van der Waals surface area contributed by atoms with Crippen LogP contribution in [0.15, 0.2) is 24.3 Å². The number of nitrogens with one attached hydrogen (secondary N) is 1. The van der Waals surface area contributed by atoms with Crippen molar-refractivity contribution in [1.82, 2.24) is 10.2 Å². The lowest BCUT2D eigenvalue weighted by molar-refractivity contribution is -0.132. The van der Waals surface area contributed by atoms with Crippen LogP contribution in [0.2, 0.25) is 5.02 Å². The third-order valence-corrected chi connectivity index (χ3v) is 3.37. The number of piperazine rings is 1. The van der Waals surface area contributed by atoms with E-state index in [2.05, 4.69) is 12.2 Å². The van der Waals surface area contributed by atoms with Crippen LogP contribution in [0.4, 0.5) is 0 Å². The molecule has 2 rings (SSSR count). The first-order valence-corrected chi connectivity index (χ1v) is 6.92. The summed E-state index contributed by atoms with van der Waals surface area (Å²) in [5.41, 5.74) is 0. The molecule has 1 atom stereocenters. The van der Waals surface area contributed by atoms with Crippen molar-refractivity contribution in [2.24, 2.45) is 0 Å². The van der Waals surface area contributed by atoms with E-state index in [1.165, 1.54) is 0 Å². The Morgan fingerprint density at radius 1 is 1.47 bits per heavy atom. The molecule has 0 saturated carbocycles. The van der Waals surface area contributed by atoms with E-state index in [1.54, 1.807) is 24.3 Å². The summed E-state index contributed by atoms with van der Waals surface area (Å²) in [4.78, 5) is 13.9. The molecule has 104 valence electrons. The number of amides is 1.